The summed E-state index contributed by atoms with van der Waals surface area (Å²) in [6.07, 6.45) is 2.30. The van der Waals surface area contributed by atoms with E-state index in [0.29, 0.717) is 23.9 Å². The molecule has 1 atom stereocenters. The molecule has 0 radical (unpaired) electrons. The molecule has 1 unspecified atom stereocenters. The highest BCUT2D eigenvalue weighted by molar-refractivity contribution is 6.31. The molecular formula is C29H32ClN7O. The van der Waals surface area contributed by atoms with Crippen molar-refractivity contribution in [1.82, 2.24) is 25.9 Å². The molecule has 196 valence electrons. The fourth-order valence-electron chi connectivity index (χ4n) is 4.83. The van der Waals surface area contributed by atoms with Crippen LogP contribution < -0.4 is 16.0 Å². The molecule has 1 amide bonds. The van der Waals surface area contributed by atoms with Crippen molar-refractivity contribution >= 4 is 23.2 Å². The molecule has 1 aromatic heterocycles. The zero-order valence-corrected chi connectivity index (χ0v) is 22.4. The van der Waals surface area contributed by atoms with Gasteiger partial charge in [0.25, 0.3) is 0 Å². The number of nitrogens with two attached hydrogens (primary N) is 1. The van der Waals surface area contributed by atoms with Gasteiger partial charge in [-0.15, -0.1) is 10.2 Å². The van der Waals surface area contributed by atoms with Gasteiger partial charge in [-0.2, -0.15) is 5.21 Å². The molecule has 3 aromatic carbocycles. The van der Waals surface area contributed by atoms with Gasteiger partial charge in [0.1, 0.15) is 0 Å². The number of halogens is 1. The summed E-state index contributed by atoms with van der Waals surface area (Å²) in [6, 6.07) is 21.7. The van der Waals surface area contributed by atoms with Crippen LogP contribution >= 0.6 is 11.6 Å². The number of nitrogens with zero attached hydrogens (tertiary/aromatic N) is 4. The maximum absolute atomic E-state index is 13.8. The number of amides is 1. The Morgan fingerprint density at radius 1 is 1.11 bits per heavy atom. The third-order valence-corrected chi connectivity index (χ3v) is 7.12. The maximum Gasteiger partial charge on any atom is 0.244 e. The van der Waals surface area contributed by atoms with Gasteiger partial charge < -0.3 is 16.0 Å². The molecule has 0 saturated heterocycles. The fourth-order valence-corrected chi connectivity index (χ4v) is 5.00. The third kappa shape index (κ3) is 5.93. The van der Waals surface area contributed by atoms with Crippen LogP contribution in [0.2, 0.25) is 5.02 Å². The number of nitrogens with one attached hydrogen (secondary N) is 2. The molecule has 0 fully saturated rings. The first-order valence-electron chi connectivity index (χ1n) is 12.8. The lowest BCUT2D eigenvalue weighted by Crippen LogP contribution is -2.47. The summed E-state index contributed by atoms with van der Waals surface area (Å²) in [7, 11) is 0. The first kappa shape index (κ1) is 26.0. The van der Waals surface area contributed by atoms with Crippen LogP contribution in [0.4, 0.5) is 5.69 Å². The van der Waals surface area contributed by atoms with E-state index in [4.69, 9.17) is 17.3 Å². The molecule has 1 aliphatic heterocycles. The van der Waals surface area contributed by atoms with E-state index in [1.54, 1.807) is 0 Å². The van der Waals surface area contributed by atoms with Gasteiger partial charge in [-0.1, -0.05) is 66.2 Å². The smallest absolute Gasteiger partial charge is 0.244 e. The van der Waals surface area contributed by atoms with Gasteiger partial charge in [-0.25, -0.2) is 0 Å². The van der Waals surface area contributed by atoms with Crippen LogP contribution in [0.1, 0.15) is 37.8 Å². The minimum atomic E-state index is -0.291. The lowest BCUT2D eigenvalue weighted by molar-refractivity contribution is -0.120. The Morgan fingerprint density at radius 3 is 2.58 bits per heavy atom. The monoisotopic (exact) mass is 529 g/mol. The second-order valence-corrected chi connectivity index (χ2v) is 10.9. The number of benzene rings is 3. The van der Waals surface area contributed by atoms with Gasteiger partial charge in [0.2, 0.25) is 11.7 Å². The highest BCUT2D eigenvalue weighted by Gasteiger charge is 2.30. The average molecular weight is 530 g/mol. The normalized spacial score (nSPS) is 15.8. The van der Waals surface area contributed by atoms with Crippen molar-refractivity contribution in [3.63, 3.8) is 0 Å². The average Bonchev–Trinajstić information content (AvgIpc) is 3.40. The van der Waals surface area contributed by atoms with Crippen molar-refractivity contribution < 1.29 is 4.79 Å². The van der Waals surface area contributed by atoms with Gasteiger partial charge in [0.15, 0.2) is 0 Å². The van der Waals surface area contributed by atoms with Crippen LogP contribution in [0.3, 0.4) is 0 Å². The number of fused-ring (bicyclic) bond motifs is 1. The molecule has 0 spiro atoms. The molecular weight excluding hydrogens is 498 g/mol. The Hall–Kier alpha value is -3.59. The number of tetrazole rings is 1. The second-order valence-electron chi connectivity index (χ2n) is 10.5. The van der Waals surface area contributed by atoms with Crippen molar-refractivity contribution in [2.24, 2.45) is 5.73 Å². The quantitative estimate of drug-likeness (QED) is 0.303. The first-order chi connectivity index (χ1) is 18.3. The van der Waals surface area contributed by atoms with Crippen molar-refractivity contribution in [1.29, 1.82) is 0 Å². The predicted molar refractivity (Wildman–Crippen MR) is 151 cm³/mol. The van der Waals surface area contributed by atoms with Crippen LogP contribution in [0, 0.1) is 0 Å². The number of hydrogen-bond donors (Lipinski definition) is 3. The molecule has 4 aromatic rings. The van der Waals surface area contributed by atoms with E-state index in [0.717, 1.165) is 52.8 Å². The standard InChI is InChI=1S/C29H32ClN7O/c1-29(2,31)15-16-32-25-14-12-21-11-13-22(30)17-26(21)37(28(25)38)18-19-7-9-20(10-8-19)23-5-3-4-6-24(23)27-33-35-36-34-27/h3-11,13,17,25,32H,12,14-16,18,31H2,1-2H3,(H,33,34,35,36). The van der Waals surface area contributed by atoms with E-state index in [-0.39, 0.29) is 17.5 Å². The largest absolute Gasteiger partial charge is 0.326 e. The number of rotatable bonds is 8. The highest BCUT2D eigenvalue weighted by atomic mass is 35.5. The van der Waals surface area contributed by atoms with Gasteiger partial charge >= 0.3 is 0 Å². The molecule has 38 heavy (non-hydrogen) atoms. The van der Waals surface area contributed by atoms with Gasteiger partial charge in [-0.05, 0) is 79.3 Å². The number of hydrogen-bond acceptors (Lipinski definition) is 6. The number of carbonyl (C=O) groups excluding carboxylic acids is 1. The fraction of sp³-hybridized carbons (Fsp3) is 0.310. The Bertz CT molecular complexity index is 1400. The summed E-state index contributed by atoms with van der Waals surface area (Å²) >= 11 is 6.38. The van der Waals surface area contributed by atoms with Crippen LogP contribution in [0.5, 0.6) is 0 Å². The van der Waals surface area contributed by atoms with E-state index < -0.39 is 0 Å². The summed E-state index contributed by atoms with van der Waals surface area (Å²) in [5, 5.41) is 18.6. The number of H-pyrrole nitrogens is 1. The Balaban J connectivity index is 1.40. The predicted octanol–water partition coefficient (Wildman–Crippen LogP) is 4.75. The van der Waals surface area contributed by atoms with E-state index >= 15 is 0 Å². The molecule has 9 heteroatoms. The van der Waals surface area contributed by atoms with Crippen molar-refractivity contribution in [3.8, 4) is 22.5 Å². The topological polar surface area (TPSA) is 113 Å². The molecule has 2 heterocycles. The lowest BCUT2D eigenvalue weighted by Gasteiger charge is -2.27. The zero-order valence-electron chi connectivity index (χ0n) is 21.6. The zero-order chi connectivity index (χ0) is 26.7. The highest BCUT2D eigenvalue weighted by Crippen LogP contribution is 2.33. The Morgan fingerprint density at radius 2 is 1.87 bits per heavy atom. The van der Waals surface area contributed by atoms with E-state index in [1.165, 1.54) is 0 Å². The van der Waals surface area contributed by atoms with E-state index in [2.05, 4.69) is 50.2 Å². The minimum Gasteiger partial charge on any atom is -0.326 e. The summed E-state index contributed by atoms with van der Waals surface area (Å²) in [4.78, 5) is 15.7. The number of aromatic nitrogens is 4. The summed E-state index contributed by atoms with van der Waals surface area (Å²) < 4.78 is 0. The Kier molecular flexibility index (Phi) is 7.56. The molecule has 0 saturated carbocycles. The SMILES string of the molecule is CC(C)(N)CCNC1CCc2ccc(Cl)cc2N(Cc2ccc(-c3ccccc3-c3nn[nH]n3)cc2)C1=O. The van der Waals surface area contributed by atoms with Crippen LogP contribution in [0.25, 0.3) is 22.5 Å². The number of carbonyl (C=O) groups is 1. The minimum absolute atomic E-state index is 0.0485. The molecule has 1 aliphatic rings. The van der Waals surface area contributed by atoms with Crippen LogP contribution in [-0.4, -0.2) is 44.7 Å². The number of aryl methyl sites for hydroxylation is 1. The van der Waals surface area contributed by atoms with Gasteiger partial charge in [0, 0.05) is 21.8 Å². The first-order valence-corrected chi connectivity index (χ1v) is 13.2. The summed E-state index contributed by atoms with van der Waals surface area (Å²) in [6.45, 7) is 5.12. The van der Waals surface area contributed by atoms with Crippen molar-refractivity contribution in [2.45, 2.75) is 51.2 Å². The van der Waals surface area contributed by atoms with E-state index in [1.807, 2.05) is 61.2 Å². The number of anilines is 1. The lowest BCUT2D eigenvalue weighted by atomic mass is 9.98. The van der Waals surface area contributed by atoms with Crippen LogP contribution in [0.15, 0.2) is 66.7 Å². The van der Waals surface area contributed by atoms with Crippen molar-refractivity contribution in [3.05, 3.63) is 82.9 Å². The molecule has 4 N–H and O–H groups in total. The molecule has 5 rings (SSSR count). The van der Waals surface area contributed by atoms with Crippen molar-refractivity contribution in [2.75, 3.05) is 11.4 Å². The maximum atomic E-state index is 13.8. The summed E-state index contributed by atoms with van der Waals surface area (Å²) in [5.41, 5.74) is 11.8. The van der Waals surface area contributed by atoms with E-state index in [9.17, 15) is 4.79 Å². The second kappa shape index (κ2) is 11.0. The molecule has 8 nitrogen and oxygen atoms in total. The summed E-state index contributed by atoms with van der Waals surface area (Å²) in [5.74, 6) is 0.595. The molecule has 0 bridgehead atoms. The van der Waals surface area contributed by atoms with Crippen LogP contribution in [-0.2, 0) is 17.8 Å². The third-order valence-electron chi connectivity index (χ3n) is 6.88. The number of aromatic amines is 1. The van der Waals surface area contributed by atoms with Gasteiger partial charge in [-0.3, -0.25) is 4.79 Å². The Labute approximate surface area is 227 Å². The molecule has 0 aliphatic carbocycles. The van der Waals surface area contributed by atoms with Gasteiger partial charge in [0.05, 0.1) is 12.6 Å².